The Labute approximate surface area is 69.7 Å². The summed E-state index contributed by atoms with van der Waals surface area (Å²) in [5.74, 6) is 0.297. The van der Waals surface area contributed by atoms with E-state index < -0.39 is 0 Å². The maximum absolute atomic E-state index is 5.35. The summed E-state index contributed by atoms with van der Waals surface area (Å²) in [5, 5.41) is 0. The molecule has 0 unspecified atom stereocenters. The van der Waals surface area contributed by atoms with Crippen LogP contribution in [0.4, 0.5) is 5.95 Å². The number of hydrogen-bond donors (Lipinski definition) is 1. The van der Waals surface area contributed by atoms with Gasteiger partial charge in [-0.3, -0.25) is 0 Å². The van der Waals surface area contributed by atoms with Gasteiger partial charge >= 0.3 is 0 Å². The Morgan fingerprint density at radius 2 is 1.67 bits per heavy atom. The average molecular weight is 160 g/mol. The van der Waals surface area contributed by atoms with Crippen LogP contribution < -0.4 is 5.73 Å². The Bertz CT molecular complexity index is 349. The molecule has 0 atom stereocenters. The van der Waals surface area contributed by atoms with Crippen LogP contribution in [0.25, 0.3) is 5.69 Å². The van der Waals surface area contributed by atoms with E-state index in [1.165, 1.54) is 0 Å². The van der Waals surface area contributed by atoms with E-state index >= 15 is 0 Å². The first-order valence-electron chi connectivity index (χ1n) is 3.57. The first-order chi connectivity index (χ1) is 5.86. The Hall–Kier alpha value is -1.84. The minimum atomic E-state index is 0.297. The van der Waals surface area contributed by atoms with Crippen LogP contribution in [-0.2, 0) is 0 Å². The zero-order valence-electron chi connectivity index (χ0n) is 6.38. The fraction of sp³-hybridized carbons (Fsp3) is 0. The maximum atomic E-state index is 5.35. The molecule has 0 radical (unpaired) electrons. The largest absolute Gasteiger partial charge is 0.368 e. The topological polar surface area (TPSA) is 56.7 Å². The van der Waals surface area contributed by atoms with Crippen molar-refractivity contribution in [2.45, 2.75) is 0 Å². The summed E-state index contributed by atoms with van der Waals surface area (Å²) in [6.45, 7) is 0. The Morgan fingerprint density at radius 3 is 2.25 bits per heavy atom. The maximum Gasteiger partial charge on any atom is 0.220 e. The first kappa shape index (κ1) is 6.84. The smallest absolute Gasteiger partial charge is 0.220 e. The highest BCUT2D eigenvalue weighted by atomic mass is 15.0. The molecule has 0 saturated heterocycles. The molecule has 0 aromatic carbocycles. The second-order valence-corrected chi connectivity index (χ2v) is 2.39. The molecule has 12 heavy (non-hydrogen) atoms. The molecule has 0 aliphatic carbocycles. The molecule has 60 valence electrons. The van der Waals surface area contributed by atoms with Crippen LogP contribution in [0.5, 0.6) is 0 Å². The van der Waals surface area contributed by atoms with Crippen LogP contribution in [0, 0.1) is 0 Å². The van der Waals surface area contributed by atoms with E-state index in [0.717, 1.165) is 5.69 Å². The summed E-state index contributed by atoms with van der Waals surface area (Å²) in [6, 6.07) is 3.88. The average Bonchev–Trinajstić information content (AvgIpc) is 2.58. The van der Waals surface area contributed by atoms with Crippen molar-refractivity contribution in [1.82, 2.24) is 14.5 Å². The molecule has 4 heteroatoms. The molecular weight excluding hydrogens is 152 g/mol. The van der Waals surface area contributed by atoms with E-state index in [0.29, 0.717) is 5.95 Å². The van der Waals surface area contributed by atoms with Crippen LogP contribution in [0.3, 0.4) is 0 Å². The lowest BCUT2D eigenvalue weighted by molar-refractivity contribution is 1.03. The van der Waals surface area contributed by atoms with Gasteiger partial charge in [0, 0.05) is 12.4 Å². The number of nitrogens with zero attached hydrogens (tertiary/aromatic N) is 3. The second-order valence-electron chi connectivity index (χ2n) is 2.39. The number of rotatable bonds is 1. The van der Waals surface area contributed by atoms with E-state index in [1.54, 1.807) is 12.4 Å². The number of hydrogen-bond acceptors (Lipinski definition) is 3. The molecule has 0 aliphatic rings. The Kier molecular flexibility index (Phi) is 1.51. The lowest BCUT2D eigenvalue weighted by atomic mass is 10.5. The Morgan fingerprint density at radius 1 is 1.08 bits per heavy atom. The molecule has 0 amide bonds. The molecule has 2 N–H and O–H groups in total. The summed E-state index contributed by atoms with van der Waals surface area (Å²) in [7, 11) is 0. The molecule has 4 nitrogen and oxygen atoms in total. The predicted molar refractivity (Wildman–Crippen MR) is 45.8 cm³/mol. The zero-order valence-corrected chi connectivity index (χ0v) is 6.38. The molecule has 2 aromatic heterocycles. The van der Waals surface area contributed by atoms with Gasteiger partial charge in [-0.1, -0.05) is 0 Å². The number of nitrogens with two attached hydrogens (primary N) is 1. The standard InChI is InChI=1S/C8H8N4/c9-8-10-5-7(6-11-8)12-3-1-2-4-12/h1-6H,(H2,9,10,11). The van der Waals surface area contributed by atoms with Gasteiger partial charge in [-0.2, -0.15) is 0 Å². The molecule has 0 saturated carbocycles. The van der Waals surface area contributed by atoms with Gasteiger partial charge < -0.3 is 10.3 Å². The van der Waals surface area contributed by atoms with Crippen LogP contribution in [0.1, 0.15) is 0 Å². The van der Waals surface area contributed by atoms with Crippen LogP contribution >= 0.6 is 0 Å². The first-order valence-corrected chi connectivity index (χ1v) is 3.57. The highest BCUT2D eigenvalue weighted by Crippen LogP contribution is 2.04. The third-order valence-corrected chi connectivity index (χ3v) is 1.56. The highest BCUT2D eigenvalue weighted by Gasteiger charge is 1.94. The summed E-state index contributed by atoms with van der Waals surface area (Å²) in [6.07, 6.45) is 7.22. The van der Waals surface area contributed by atoms with Crippen molar-refractivity contribution in [2.75, 3.05) is 5.73 Å². The third-order valence-electron chi connectivity index (χ3n) is 1.56. The molecule has 2 aromatic rings. The third kappa shape index (κ3) is 1.14. The van der Waals surface area contributed by atoms with Crippen LogP contribution in [0.15, 0.2) is 36.9 Å². The lowest BCUT2D eigenvalue weighted by Gasteiger charge is -1.99. The number of aromatic nitrogens is 3. The van der Waals surface area contributed by atoms with Crippen molar-refractivity contribution < 1.29 is 0 Å². The molecule has 2 heterocycles. The van der Waals surface area contributed by atoms with Gasteiger partial charge in [-0.15, -0.1) is 0 Å². The van der Waals surface area contributed by atoms with Gasteiger partial charge in [0.15, 0.2) is 0 Å². The van der Waals surface area contributed by atoms with Gasteiger partial charge in [0.25, 0.3) is 0 Å². The van der Waals surface area contributed by atoms with Gasteiger partial charge in [0.1, 0.15) is 0 Å². The Balaban J connectivity index is 2.43. The molecular formula is C8H8N4. The van der Waals surface area contributed by atoms with Gasteiger partial charge in [-0.05, 0) is 12.1 Å². The molecule has 2 rings (SSSR count). The monoisotopic (exact) mass is 160 g/mol. The van der Waals surface area contributed by atoms with Crippen molar-refractivity contribution in [3.8, 4) is 5.69 Å². The van der Waals surface area contributed by atoms with E-state index in [-0.39, 0.29) is 0 Å². The van der Waals surface area contributed by atoms with Crippen molar-refractivity contribution in [3.05, 3.63) is 36.9 Å². The fourth-order valence-corrected chi connectivity index (χ4v) is 0.971. The van der Waals surface area contributed by atoms with Gasteiger partial charge in [0.2, 0.25) is 5.95 Å². The second kappa shape index (κ2) is 2.65. The number of nitrogen functional groups attached to an aromatic ring is 1. The van der Waals surface area contributed by atoms with E-state index in [9.17, 15) is 0 Å². The normalized spacial score (nSPS) is 10.0. The quantitative estimate of drug-likeness (QED) is 0.672. The van der Waals surface area contributed by atoms with Crippen molar-refractivity contribution in [2.24, 2.45) is 0 Å². The van der Waals surface area contributed by atoms with Crippen LogP contribution in [0.2, 0.25) is 0 Å². The van der Waals surface area contributed by atoms with Crippen molar-refractivity contribution >= 4 is 5.95 Å². The molecule has 0 spiro atoms. The fourth-order valence-electron chi connectivity index (χ4n) is 0.971. The molecule has 0 fully saturated rings. The SMILES string of the molecule is Nc1ncc(-n2cccc2)cn1. The van der Waals surface area contributed by atoms with E-state index in [1.807, 2.05) is 29.1 Å². The number of anilines is 1. The summed E-state index contributed by atoms with van der Waals surface area (Å²) in [5.41, 5.74) is 6.26. The predicted octanol–water partition coefficient (Wildman–Crippen LogP) is 0.849. The minimum absolute atomic E-state index is 0.297. The lowest BCUT2D eigenvalue weighted by Crippen LogP contribution is -1.97. The van der Waals surface area contributed by atoms with E-state index in [2.05, 4.69) is 9.97 Å². The summed E-state index contributed by atoms with van der Waals surface area (Å²) >= 11 is 0. The molecule has 0 bridgehead atoms. The highest BCUT2D eigenvalue weighted by molar-refractivity contribution is 5.29. The van der Waals surface area contributed by atoms with Crippen LogP contribution in [-0.4, -0.2) is 14.5 Å². The van der Waals surface area contributed by atoms with Crippen molar-refractivity contribution in [3.63, 3.8) is 0 Å². The minimum Gasteiger partial charge on any atom is -0.368 e. The molecule has 0 aliphatic heterocycles. The zero-order chi connectivity index (χ0) is 8.39. The summed E-state index contributed by atoms with van der Waals surface area (Å²) in [4.78, 5) is 7.76. The van der Waals surface area contributed by atoms with Gasteiger partial charge in [0.05, 0.1) is 18.1 Å². The van der Waals surface area contributed by atoms with E-state index in [4.69, 9.17) is 5.73 Å². The van der Waals surface area contributed by atoms with Crippen molar-refractivity contribution in [1.29, 1.82) is 0 Å². The van der Waals surface area contributed by atoms with Gasteiger partial charge in [-0.25, -0.2) is 9.97 Å². The summed E-state index contributed by atoms with van der Waals surface area (Å²) < 4.78 is 1.92.